The normalized spacial score (nSPS) is 17.2. The van der Waals surface area contributed by atoms with E-state index >= 15 is 0 Å². The van der Waals surface area contributed by atoms with E-state index in [1.807, 2.05) is 6.07 Å². The van der Waals surface area contributed by atoms with Crippen LogP contribution >= 0.6 is 0 Å². The summed E-state index contributed by atoms with van der Waals surface area (Å²) >= 11 is 0. The Labute approximate surface area is 93.0 Å². The van der Waals surface area contributed by atoms with Crippen LogP contribution in [0.1, 0.15) is 16.8 Å². The van der Waals surface area contributed by atoms with Crippen LogP contribution in [0, 0.1) is 11.3 Å². The highest BCUT2D eigenvalue weighted by Crippen LogP contribution is 2.23. The molecule has 1 aromatic rings. The number of anilines is 1. The number of hydrazine groups is 1. The highest BCUT2D eigenvalue weighted by Gasteiger charge is 2.23. The van der Waals surface area contributed by atoms with E-state index in [9.17, 15) is 8.42 Å². The maximum absolute atomic E-state index is 11.4. The first-order valence-electron chi connectivity index (χ1n) is 4.65. The summed E-state index contributed by atoms with van der Waals surface area (Å²) in [7, 11) is -3.04. The lowest BCUT2D eigenvalue weighted by molar-refractivity contribution is 0.590. The molecule has 0 bridgehead atoms. The fourth-order valence-corrected chi connectivity index (χ4v) is 3.06. The molecule has 3 N–H and O–H groups in total. The zero-order chi connectivity index (χ0) is 11.8. The van der Waals surface area contributed by atoms with Crippen LogP contribution in [0.25, 0.3) is 0 Å². The lowest BCUT2D eigenvalue weighted by Crippen LogP contribution is -2.22. The summed E-state index contributed by atoms with van der Waals surface area (Å²) in [6.07, 6.45) is 0.373. The van der Waals surface area contributed by atoms with Gasteiger partial charge in [0, 0.05) is 12.1 Å². The van der Waals surface area contributed by atoms with E-state index in [0.717, 1.165) is 0 Å². The molecule has 6 nitrogen and oxygen atoms in total. The number of rotatable bonds is 1. The Bertz CT molecular complexity index is 574. The number of nitrogens with one attached hydrogen (secondary N) is 1. The SMILES string of the molecule is N#Cc1cc2c(nc1NN)CCS(=O)(=O)C2. The summed E-state index contributed by atoms with van der Waals surface area (Å²) in [5.74, 6) is 5.58. The van der Waals surface area contributed by atoms with Crippen molar-refractivity contribution in [3.8, 4) is 6.07 Å². The molecule has 0 fully saturated rings. The Balaban J connectivity index is 2.55. The first-order chi connectivity index (χ1) is 7.55. The number of nitrogens with zero attached hydrogens (tertiary/aromatic N) is 2. The van der Waals surface area contributed by atoms with E-state index in [-0.39, 0.29) is 17.1 Å². The van der Waals surface area contributed by atoms with Crippen molar-refractivity contribution in [3.63, 3.8) is 0 Å². The molecule has 1 aliphatic rings. The maximum atomic E-state index is 11.4. The molecule has 1 aliphatic heterocycles. The van der Waals surface area contributed by atoms with E-state index in [4.69, 9.17) is 11.1 Å². The van der Waals surface area contributed by atoms with Gasteiger partial charge < -0.3 is 5.43 Å². The molecule has 0 aliphatic carbocycles. The quantitative estimate of drug-likeness (QED) is 0.514. The molecule has 0 spiro atoms. The average Bonchev–Trinajstić information content (AvgIpc) is 2.26. The van der Waals surface area contributed by atoms with Crippen LogP contribution in [0.2, 0.25) is 0 Å². The topological polar surface area (TPSA) is 109 Å². The molecule has 2 rings (SSSR count). The molecule has 84 valence electrons. The van der Waals surface area contributed by atoms with Gasteiger partial charge in [-0.25, -0.2) is 19.2 Å². The van der Waals surface area contributed by atoms with E-state index in [1.54, 1.807) is 0 Å². The minimum absolute atomic E-state index is 0.0468. The third-order valence-electron chi connectivity index (χ3n) is 2.47. The van der Waals surface area contributed by atoms with Gasteiger partial charge in [-0.3, -0.25) is 0 Å². The number of hydrogen-bond donors (Lipinski definition) is 2. The van der Waals surface area contributed by atoms with Crippen molar-refractivity contribution < 1.29 is 8.42 Å². The fraction of sp³-hybridized carbons (Fsp3) is 0.333. The first kappa shape index (κ1) is 10.9. The van der Waals surface area contributed by atoms with E-state index < -0.39 is 9.84 Å². The molecule has 0 saturated heterocycles. The van der Waals surface area contributed by atoms with Crippen molar-refractivity contribution >= 4 is 15.7 Å². The van der Waals surface area contributed by atoms with Gasteiger partial charge in [-0.1, -0.05) is 0 Å². The average molecular weight is 238 g/mol. The predicted octanol–water partition coefficient (Wildman–Crippen LogP) is -0.290. The summed E-state index contributed by atoms with van der Waals surface area (Å²) in [5.41, 5.74) is 3.89. The molecule has 16 heavy (non-hydrogen) atoms. The molecular formula is C9H10N4O2S. The van der Waals surface area contributed by atoms with Crippen LogP contribution in [0.4, 0.5) is 5.82 Å². The van der Waals surface area contributed by atoms with Crippen molar-refractivity contribution in [2.24, 2.45) is 5.84 Å². The number of pyridine rings is 1. The van der Waals surface area contributed by atoms with E-state index in [1.165, 1.54) is 6.07 Å². The monoisotopic (exact) mass is 238 g/mol. The Hall–Kier alpha value is -1.65. The van der Waals surface area contributed by atoms with Crippen LogP contribution < -0.4 is 11.3 Å². The van der Waals surface area contributed by atoms with Gasteiger partial charge >= 0.3 is 0 Å². The molecule has 0 atom stereocenters. The first-order valence-corrected chi connectivity index (χ1v) is 6.48. The van der Waals surface area contributed by atoms with Gasteiger partial charge in [-0.05, 0) is 11.6 Å². The summed E-state index contributed by atoms with van der Waals surface area (Å²) in [6.45, 7) is 0. The predicted molar refractivity (Wildman–Crippen MR) is 58.0 cm³/mol. The van der Waals surface area contributed by atoms with Gasteiger partial charge in [0.1, 0.15) is 6.07 Å². The van der Waals surface area contributed by atoms with E-state index in [2.05, 4.69) is 10.4 Å². The van der Waals surface area contributed by atoms with Gasteiger partial charge in [-0.2, -0.15) is 5.26 Å². The molecule has 0 radical (unpaired) electrons. The minimum Gasteiger partial charge on any atom is -0.307 e. The van der Waals surface area contributed by atoms with Crippen LogP contribution in [0.3, 0.4) is 0 Å². The van der Waals surface area contributed by atoms with Crippen molar-refractivity contribution in [2.75, 3.05) is 11.2 Å². The Morgan fingerprint density at radius 3 is 2.94 bits per heavy atom. The third-order valence-corrected chi connectivity index (χ3v) is 4.05. The van der Waals surface area contributed by atoms with Crippen LogP contribution in [0.15, 0.2) is 6.07 Å². The number of fused-ring (bicyclic) bond motifs is 1. The van der Waals surface area contributed by atoms with Gasteiger partial charge in [0.15, 0.2) is 15.7 Å². The van der Waals surface area contributed by atoms with Gasteiger partial charge in [0.05, 0.1) is 17.1 Å². The molecular weight excluding hydrogens is 228 g/mol. The molecule has 0 amide bonds. The number of sulfone groups is 1. The molecule has 1 aromatic heterocycles. The maximum Gasteiger partial charge on any atom is 0.158 e. The second kappa shape index (κ2) is 3.73. The number of nitrogen functional groups attached to an aromatic ring is 1. The fourth-order valence-electron chi connectivity index (χ4n) is 1.69. The van der Waals surface area contributed by atoms with Crippen LogP contribution in [-0.4, -0.2) is 19.2 Å². The Morgan fingerprint density at radius 1 is 1.56 bits per heavy atom. The van der Waals surface area contributed by atoms with Gasteiger partial charge in [0.25, 0.3) is 0 Å². The lowest BCUT2D eigenvalue weighted by atomic mass is 10.1. The largest absolute Gasteiger partial charge is 0.307 e. The highest BCUT2D eigenvalue weighted by atomic mass is 32.2. The molecule has 7 heteroatoms. The van der Waals surface area contributed by atoms with Crippen LogP contribution in [0.5, 0.6) is 0 Å². The van der Waals surface area contributed by atoms with Gasteiger partial charge in [0.2, 0.25) is 0 Å². The van der Waals surface area contributed by atoms with Crippen LogP contribution in [-0.2, 0) is 22.0 Å². The zero-order valence-corrected chi connectivity index (χ0v) is 9.21. The van der Waals surface area contributed by atoms with E-state index in [0.29, 0.717) is 23.5 Å². The van der Waals surface area contributed by atoms with Crippen molar-refractivity contribution in [1.29, 1.82) is 5.26 Å². The van der Waals surface area contributed by atoms with Crippen molar-refractivity contribution in [3.05, 3.63) is 22.9 Å². The summed E-state index contributed by atoms with van der Waals surface area (Å²) in [4.78, 5) is 4.15. The summed E-state index contributed by atoms with van der Waals surface area (Å²) in [6, 6.07) is 3.46. The molecule has 2 heterocycles. The number of aromatic nitrogens is 1. The molecule has 0 aromatic carbocycles. The summed E-state index contributed by atoms with van der Waals surface area (Å²) in [5, 5.41) is 8.85. The van der Waals surface area contributed by atoms with Crippen molar-refractivity contribution in [1.82, 2.24) is 4.98 Å². The standard InChI is InChI=1S/C9H10N4O2S/c10-4-6-3-7-5-16(14,15)2-1-8(7)12-9(6)13-11/h3H,1-2,5,11H2,(H,12,13). The Morgan fingerprint density at radius 2 is 2.31 bits per heavy atom. The smallest absolute Gasteiger partial charge is 0.158 e. The number of hydrogen-bond acceptors (Lipinski definition) is 6. The molecule has 0 unspecified atom stereocenters. The number of nitriles is 1. The number of aryl methyl sites for hydroxylation is 1. The minimum atomic E-state index is -3.04. The number of nitrogens with two attached hydrogens (primary N) is 1. The third kappa shape index (κ3) is 1.85. The highest BCUT2D eigenvalue weighted by molar-refractivity contribution is 7.90. The Kier molecular flexibility index (Phi) is 2.53. The molecule has 0 saturated carbocycles. The van der Waals surface area contributed by atoms with Crippen molar-refractivity contribution in [2.45, 2.75) is 12.2 Å². The zero-order valence-electron chi connectivity index (χ0n) is 8.40. The lowest BCUT2D eigenvalue weighted by Gasteiger charge is -2.16. The second-order valence-corrected chi connectivity index (χ2v) is 5.77. The second-order valence-electron chi connectivity index (χ2n) is 3.59. The van der Waals surface area contributed by atoms with Gasteiger partial charge in [-0.15, -0.1) is 0 Å². The summed E-state index contributed by atoms with van der Waals surface area (Å²) < 4.78 is 22.8.